The summed E-state index contributed by atoms with van der Waals surface area (Å²) in [6.45, 7) is 0. The van der Waals surface area contributed by atoms with Crippen LogP contribution >= 0.6 is 0 Å². The number of para-hydroxylation sites is 1. The van der Waals surface area contributed by atoms with Crippen LogP contribution in [0.2, 0.25) is 0 Å². The number of benzene rings is 1. The van der Waals surface area contributed by atoms with Gasteiger partial charge in [-0.2, -0.15) is 0 Å². The Morgan fingerprint density at radius 2 is 2.05 bits per heavy atom. The quantitative estimate of drug-likeness (QED) is 0.858. The van der Waals surface area contributed by atoms with E-state index in [1.165, 1.54) is 12.8 Å². The summed E-state index contributed by atoms with van der Waals surface area (Å²) < 4.78 is 11.1. The Labute approximate surface area is 111 Å². The highest BCUT2D eigenvalue weighted by atomic mass is 16.5. The number of hydrogen-bond donors (Lipinski definition) is 1. The molecule has 1 aliphatic carbocycles. The minimum Gasteiger partial charge on any atom is -0.494 e. The molecule has 0 radical (unpaired) electrons. The van der Waals surface area contributed by atoms with Gasteiger partial charge in [0.05, 0.1) is 18.4 Å². The number of rotatable bonds is 3. The van der Waals surface area contributed by atoms with Gasteiger partial charge in [0.1, 0.15) is 0 Å². The Bertz CT molecular complexity index is 574. The molecule has 1 aliphatic rings. The van der Waals surface area contributed by atoms with Crippen molar-refractivity contribution in [1.82, 2.24) is 10.2 Å². The van der Waals surface area contributed by atoms with Crippen molar-refractivity contribution in [1.29, 1.82) is 0 Å². The second kappa shape index (κ2) is 4.91. The molecule has 2 aromatic rings. The number of anilines is 1. The summed E-state index contributed by atoms with van der Waals surface area (Å²) in [5, 5.41) is 8.30. The van der Waals surface area contributed by atoms with E-state index in [-0.39, 0.29) is 0 Å². The summed E-state index contributed by atoms with van der Waals surface area (Å²) in [4.78, 5) is 0. The molecule has 0 spiro atoms. The first kappa shape index (κ1) is 12.0. The summed E-state index contributed by atoms with van der Waals surface area (Å²) in [5.74, 6) is 2.21. The molecule has 19 heavy (non-hydrogen) atoms. The zero-order chi connectivity index (χ0) is 13.2. The molecule has 5 heteroatoms. The molecule has 2 N–H and O–H groups in total. The molecule has 1 aromatic heterocycles. The fourth-order valence-electron chi connectivity index (χ4n) is 2.63. The van der Waals surface area contributed by atoms with Crippen molar-refractivity contribution in [2.24, 2.45) is 0 Å². The summed E-state index contributed by atoms with van der Waals surface area (Å²) in [6.07, 6.45) is 4.75. The lowest BCUT2D eigenvalue weighted by Gasteiger charge is -2.07. The van der Waals surface area contributed by atoms with Crippen LogP contribution in [-0.4, -0.2) is 17.3 Å². The maximum absolute atomic E-state index is 5.88. The van der Waals surface area contributed by atoms with E-state index in [9.17, 15) is 0 Å². The summed E-state index contributed by atoms with van der Waals surface area (Å²) in [7, 11) is 1.59. The van der Waals surface area contributed by atoms with Crippen molar-refractivity contribution in [3.8, 4) is 17.2 Å². The van der Waals surface area contributed by atoms with E-state index in [1.807, 2.05) is 12.1 Å². The van der Waals surface area contributed by atoms with Crippen LogP contribution in [0.3, 0.4) is 0 Å². The van der Waals surface area contributed by atoms with E-state index in [1.54, 1.807) is 13.2 Å². The third kappa shape index (κ3) is 2.16. The molecule has 5 nitrogen and oxygen atoms in total. The Kier molecular flexibility index (Phi) is 3.11. The Morgan fingerprint density at radius 3 is 2.79 bits per heavy atom. The summed E-state index contributed by atoms with van der Waals surface area (Å²) in [6, 6.07) is 5.52. The zero-order valence-electron chi connectivity index (χ0n) is 10.9. The normalized spacial score (nSPS) is 15.8. The molecule has 1 fully saturated rings. The zero-order valence-corrected chi connectivity index (χ0v) is 10.9. The summed E-state index contributed by atoms with van der Waals surface area (Å²) in [5.41, 5.74) is 7.20. The second-order valence-corrected chi connectivity index (χ2v) is 4.85. The smallest absolute Gasteiger partial charge is 0.251 e. The highest BCUT2D eigenvalue weighted by Crippen LogP contribution is 2.37. The Hall–Kier alpha value is -2.04. The second-order valence-electron chi connectivity index (χ2n) is 4.85. The predicted octanol–water partition coefficient (Wildman–Crippen LogP) is 2.99. The lowest BCUT2D eigenvalue weighted by molar-refractivity contribution is 0.413. The van der Waals surface area contributed by atoms with Crippen molar-refractivity contribution >= 4 is 5.69 Å². The predicted molar refractivity (Wildman–Crippen MR) is 71.9 cm³/mol. The van der Waals surface area contributed by atoms with Crippen LogP contribution in [-0.2, 0) is 0 Å². The van der Waals surface area contributed by atoms with Gasteiger partial charge in [0, 0.05) is 5.92 Å². The molecule has 1 saturated carbocycles. The van der Waals surface area contributed by atoms with Crippen LogP contribution in [0.5, 0.6) is 5.75 Å². The first-order chi connectivity index (χ1) is 9.29. The lowest BCUT2D eigenvalue weighted by atomic mass is 10.1. The van der Waals surface area contributed by atoms with Gasteiger partial charge in [-0.15, -0.1) is 10.2 Å². The van der Waals surface area contributed by atoms with Crippen molar-refractivity contribution < 1.29 is 9.15 Å². The first-order valence-electron chi connectivity index (χ1n) is 6.56. The van der Waals surface area contributed by atoms with E-state index >= 15 is 0 Å². The molecule has 0 unspecified atom stereocenters. The van der Waals surface area contributed by atoms with E-state index in [2.05, 4.69) is 10.2 Å². The van der Waals surface area contributed by atoms with Crippen molar-refractivity contribution in [2.75, 3.05) is 12.8 Å². The number of aromatic nitrogens is 2. The van der Waals surface area contributed by atoms with E-state index in [0.717, 1.165) is 24.3 Å². The average molecular weight is 259 g/mol. The minimum absolute atomic E-state index is 0.410. The third-order valence-electron chi connectivity index (χ3n) is 3.63. The molecule has 0 bridgehead atoms. The Morgan fingerprint density at radius 1 is 1.26 bits per heavy atom. The number of hydrogen-bond acceptors (Lipinski definition) is 5. The fourth-order valence-corrected chi connectivity index (χ4v) is 2.63. The van der Waals surface area contributed by atoms with Gasteiger partial charge in [0.2, 0.25) is 5.89 Å². The number of methoxy groups -OCH3 is 1. The standard InChI is InChI=1S/C14H17N3O2/c1-18-12-10(7-4-8-11(12)15)14-17-16-13(19-14)9-5-2-3-6-9/h4,7-9H,2-3,5-6,15H2,1H3. The molecular formula is C14H17N3O2. The minimum atomic E-state index is 0.410. The van der Waals surface area contributed by atoms with Gasteiger partial charge in [-0.1, -0.05) is 18.9 Å². The van der Waals surface area contributed by atoms with Gasteiger partial charge >= 0.3 is 0 Å². The van der Waals surface area contributed by atoms with E-state index in [0.29, 0.717) is 23.2 Å². The number of nitrogens with two attached hydrogens (primary N) is 1. The number of nitrogens with zero attached hydrogens (tertiary/aromatic N) is 2. The average Bonchev–Trinajstić information content (AvgIpc) is 3.09. The molecule has 1 heterocycles. The van der Waals surface area contributed by atoms with Crippen LogP contribution in [0.1, 0.15) is 37.5 Å². The SMILES string of the molecule is COc1c(N)cccc1-c1nnc(C2CCCC2)o1. The van der Waals surface area contributed by atoms with Crippen LogP contribution in [0.15, 0.2) is 22.6 Å². The van der Waals surface area contributed by atoms with Gasteiger partial charge in [-0.25, -0.2) is 0 Å². The van der Waals surface area contributed by atoms with Gasteiger partial charge in [0.15, 0.2) is 5.75 Å². The molecule has 100 valence electrons. The Balaban J connectivity index is 1.96. The van der Waals surface area contributed by atoms with E-state index < -0.39 is 0 Å². The molecule has 3 rings (SSSR count). The number of ether oxygens (including phenoxy) is 1. The molecule has 0 saturated heterocycles. The topological polar surface area (TPSA) is 74.2 Å². The van der Waals surface area contributed by atoms with Crippen LogP contribution in [0, 0.1) is 0 Å². The molecule has 0 amide bonds. The maximum Gasteiger partial charge on any atom is 0.251 e. The molecule has 1 aromatic carbocycles. The highest BCUT2D eigenvalue weighted by Gasteiger charge is 2.24. The van der Waals surface area contributed by atoms with Gasteiger partial charge < -0.3 is 14.9 Å². The third-order valence-corrected chi connectivity index (χ3v) is 3.63. The number of nitrogen functional groups attached to an aromatic ring is 1. The molecular weight excluding hydrogens is 242 g/mol. The van der Waals surface area contributed by atoms with Crippen LogP contribution < -0.4 is 10.5 Å². The molecule has 0 atom stereocenters. The van der Waals surface area contributed by atoms with Crippen molar-refractivity contribution in [2.45, 2.75) is 31.6 Å². The van der Waals surface area contributed by atoms with Gasteiger partial charge in [-0.05, 0) is 25.0 Å². The van der Waals surface area contributed by atoms with Crippen LogP contribution in [0.25, 0.3) is 11.5 Å². The van der Waals surface area contributed by atoms with Gasteiger partial charge in [0.25, 0.3) is 5.89 Å². The molecule has 0 aliphatic heterocycles. The highest BCUT2D eigenvalue weighted by molar-refractivity contribution is 5.72. The van der Waals surface area contributed by atoms with Crippen molar-refractivity contribution in [3.63, 3.8) is 0 Å². The monoisotopic (exact) mass is 259 g/mol. The fraction of sp³-hybridized carbons (Fsp3) is 0.429. The summed E-state index contributed by atoms with van der Waals surface area (Å²) >= 11 is 0. The lowest BCUT2D eigenvalue weighted by Crippen LogP contribution is -1.94. The van der Waals surface area contributed by atoms with Crippen LogP contribution in [0.4, 0.5) is 5.69 Å². The largest absolute Gasteiger partial charge is 0.494 e. The van der Waals surface area contributed by atoms with E-state index in [4.69, 9.17) is 14.9 Å². The van der Waals surface area contributed by atoms with Gasteiger partial charge in [-0.3, -0.25) is 0 Å². The first-order valence-corrected chi connectivity index (χ1v) is 6.56. The van der Waals surface area contributed by atoms with Crippen molar-refractivity contribution in [3.05, 3.63) is 24.1 Å². The maximum atomic E-state index is 5.88.